The molecule has 0 bridgehead atoms. The molecule has 0 aromatic rings. The van der Waals surface area contributed by atoms with Crippen LogP contribution in [0.15, 0.2) is 0 Å². The molecule has 1 rings (SSSR count). The van der Waals surface area contributed by atoms with Crippen LogP contribution in [-0.4, -0.2) is 50.9 Å². The second-order valence-corrected chi connectivity index (χ2v) is 5.80. The number of rotatable bonds is 2. The van der Waals surface area contributed by atoms with E-state index in [1.807, 2.05) is 0 Å². The molecule has 0 radical (unpaired) electrons. The fourth-order valence-electron chi connectivity index (χ4n) is 2.28. The molecule has 0 aromatic heterocycles. The topological polar surface area (TPSA) is 23.6 Å². The predicted molar refractivity (Wildman–Crippen MR) is 61.5 cm³/mol. The average molecular weight is 218 g/mol. The van der Waals surface area contributed by atoms with Gasteiger partial charge < -0.3 is 0 Å². The fraction of sp³-hybridized carbons (Fsp3) is 1.00. The molecule has 0 aliphatic carbocycles. The summed E-state index contributed by atoms with van der Waals surface area (Å²) in [5.74, 6) is 0. The van der Waals surface area contributed by atoms with Crippen LogP contribution in [0.25, 0.3) is 0 Å². The van der Waals surface area contributed by atoms with Gasteiger partial charge in [0.15, 0.2) is 0 Å². The van der Waals surface area contributed by atoms with E-state index in [9.17, 15) is 4.21 Å². The summed E-state index contributed by atoms with van der Waals surface area (Å²) in [5.41, 5.74) is 0. The summed E-state index contributed by atoms with van der Waals surface area (Å²) < 4.78 is 13.6. The van der Waals surface area contributed by atoms with Gasteiger partial charge in [0.05, 0.1) is 11.0 Å². The summed E-state index contributed by atoms with van der Waals surface area (Å²) in [6, 6.07) is 1.38. The first-order chi connectivity index (χ1) is 6.43. The van der Waals surface area contributed by atoms with E-state index in [-0.39, 0.29) is 0 Å². The van der Waals surface area contributed by atoms with Crippen LogP contribution in [0.3, 0.4) is 0 Å². The molecular weight excluding hydrogens is 196 g/mol. The third-order valence-electron chi connectivity index (χ3n) is 2.89. The van der Waals surface area contributed by atoms with Crippen molar-refractivity contribution in [3.8, 4) is 0 Å². The zero-order chi connectivity index (χ0) is 10.9. The Morgan fingerprint density at radius 2 is 1.64 bits per heavy atom. The normalized spacial score (nSPS) is 33.6. The van der Waals surface area contributed by atoms with E-state index in [2.05, 4.69) is 36.9 Å². The minimum Gasteiger partial charge on any atom is -0.298 e. The standard InChI is InChI=1S/C10H22N2OS/c1-8(2)11-6-9(3)12(14(5)13)10(4)7-11/h8-10H,6-7H2,1-5H3/t9-,10-,14?/m1/s1. The third kappa shape index (κ3) is 2.55. The van der Waals surface area contributed by atoms with Gasteiger partial charge >= 0.3 is 0 Å². The van der Waals surface area contributed by atoms with E-state index in [0.29, 0.717) is 18.1 Å². The highest BCUT2D eigenvalue weighted by Gasteiger charge is 2.32. The summed E-state index contributed by atoms with van der Waals surface area (Å²) in [6.45, 7) is 10.8. The van der Waals surface area contributed by atoms with Crippen LogP contribution < -0.4 is 0 Å². The van der Waals surface area contributed by atoms with Gasteiger partial charge in [-0.25, -0.2) is 8.51 Å². The van der Waals surface area contributed by atoms with Crippen molar-refractivity contribution in [2.24, 2.45) is 0 Å². The largest absolute Gasteiger partial charge is 0.298 e. The van der Waals surface area contributed by atoms with Crippen molar-refractivity contribution in [2.45, 2.75) is 45.8 Å². The Morgan fingerprint density at radius 3 is 1.93 bits per heavy atom. The SMILES string of the molecule is CC(C)N1C[C@@H](C)N(S(C)=O)[C@H](C)C1. The molecule has 1 aliphatic rings. The molecule has 14 heavy (non-hydrogen) atoms. The predicted octanol–water partition coefficient (Wildman–Crippen LogP) is 1.08. The molecule has 0 aromatic carbocycles. The Balaban J connectivity index is 2.68. The molecule has 3 nitrogen and oxygen atoms in total. The van der Waals surface area contributed by atoms with E-state index < -0.39 is 11.0 Å². The molecule has 1 aliphatic heterocycles. The molecule has 1 unspecified atom stereocenters. The summed E-state index contributed by atoms with van der Waals surface area (Å²) in [5, 5.41) is 0. The maximum absolute atomic E-state index is 11.5. The van der Waals surface area contributed by atoms with E-state index >= 15 is 0 Å². The quantitative estimate of drug-likeness (QED) is 0.692. The van der Waals surface area contributed by atoms with Crippen molar-refractivity contribution >= 4 is 11.0 Å². The first-order valence-corrected chi connectivity index (χ1v) is 6.81. The lowest BCUT2D eigenvalue weighted by Crippen LogP contribution is -2.58. The van der Waals surface area contributed by atoms with E-state index in [0.717, 1.165) is 13.1 Å². The number of hydrogen-bond acceptors (Lipinski definition) is 2. The lowest BCUT2D eigenvalue weighted by atomic mass is 10.1. The Morgan fingerprint density at radius 1 is 1.21 bits per heavy atom. The second-order valence-electron chi connectivity index (χ2n) is 4.53. The number of piperazine rings is 1. The molecule has 0 N–H and O–H groups in total. The van der Waals surface area contributed by atoms with Crippen LogP contribution in [0.4, 0.5) is 0 Å². The molecule has 1 heterocycles. The van der Waals surface area contributed by atoms with Crippen molar-refractivity contribution in [3.63, 3.8) is 0 Å². The monoisotopic (exact) mass is 218 g/mol. The molecule has 1 fully saturated rings. The van der Waals surface area contributed by atoms with Gasteiger partial charge in [0, 0.05) is 37.5 Å². The van der Waals surface area contributed by atoms with Crippen LogP contribution in [-0.2, 0) is 11.0 Å². The van der Waals surface area contributed by atoms with Crippen molar-refractivity contribution in [1.29, 1.82) is 0 Å². The molecule has 1 saturated heterocycles. The first kappa shape index (κ1) is 12.1. The fourth-order valence-corrected chi connectivity index (χ4v) is 3.42. The van der Waals surface area contributed by atoms with E-state index in [1.54, 1.807) is 6.26 Å². The van der Waals surface area contributed by atoms with Crippen LogP contribution in [0, 0.1) is 0 Å². The molecular formula is C10H22N2OS. The van der Waals surface area contributed by atoms with Crippen molar-refractivity contribution < 1.29 is 4.21 Å². The van der Waals surface area contributed by atoms with Crippen molar-refractivity contribution in [2.75, 3.05) is 19.3 Å². The highest BCUT2D eigenvalue weighted by molar-refractivity contribution is 7.81. The van der Waals surface area contributed by atoms with Crippen molar-refractivity contribution in [3.05, 3.63) is 0 Å². The van der Waals surface area contributed by atoms with Gasteiger partial charge in [0.1, 0.15) is 0 Å². The zero-order valence-electron chi connectivity index (χ0n) is 9.86. The Labute approximate surface area is 90.0 Å². The molecule has 3 atom stereocenters. The average Bonchev–Trinajstić information content (AvgIpc) is 2.01. The van der Waals surface area contributed by atoms with Gasteiger partial charge in [-0.05, 0) is 27.7 Å². The second kappa shape index (κ2) is 4.73. The summed E-state index contributed by atoms with van der Waals surface area (Å²) in [7, 11) is -0.834. The van der Waals surface area contributed by atoms with E-state index in [1.165, 1.54) is 0 Å². The van der Waals surface area contributed by atoms with E-state index in [4.69, 9.17) is 0 Å². The zero-order valence-corrected chi connectivity index (χ0v) is 10.7. The summed E-state index contributed by atoms with van der Waals surface area (Å²) >= 11 is 0. The molecule has 0 saturated carbocycles. The third-order valence-corrected chi connectivity index (χ3v) is 4.21. The van der Waals surface area contributed by atoms with Gasteiger partial charge in [-0.15, -0.1) is 0 Å². The van der Waals surface area contributed by atoms with Gasteiger partial charge in [0.25, 0.3) is 0 Å². The summed E-state index contributed by atoms with van der Waals surface area (Å²) in [6.07, 6.45) is 1.78. The molecule has 0 amide bonds. The lowest BCUT2D eigenvalue weighted by molar-refractivity contribution is 0.0829. The highest BCUT2D eigenvalue weighted by atomic mass is 32.2. The molecule has 0 spiro atoms. The maximum Gasteiger partial charge on any atom is 0.0916 e. The first-order valence-electron chi connectivity index (χ1n) is 5.29. The van der Waals surface area contributed by atoms with Crippen LogP contribution >= 0.6 is 0 Å². The Bertz CT molecular complexity index is 208. The lowest BCUT2D eigenvalue weighted by Gasteiger charge is -2.44. The van der Waals surface area contributed by atoms with Crippen molar-refractivity contribution in [1.82, 2.24) is 9.21 Å². The maximum atomic E-state index is 11.5. The van der Waals surface area contributed by atoms with Gasteiger partial charge in [-0.1, -0.05) is 0 Å². The van der Waals surface area contributed by atoms with Gasteiger partial charge in [-0.2, -0.15) is 0 Å². The molecule has 84 valence electrons. The van der Waals surface area contributed by atoms with Gasteiger partial charge in [0.2, 0.25) is 0 Å². The minimum absolute atomic E-state index is 0.395. The number of hydrogen-bond donors (Lipinski definition) is 0. The van der Waals surface area contributed by atoms with Crippen LogP contribution in [0.2, 0.25) is 0 Å². The smallest absolute Gasteiger partial charge is 0.0916 e. The number of nitrogens with zero attached hydrogens (tertiary/aromatic N) is 2. The molecule has 4 heteroatoms. The Hall–Kier alpha value is 0.0700. The van der Waals surface area contributed by atoms with Crippen LogP contribution in [0.5, 0.6) is 0 Å². The summed E-state index contributed by atoms with van der Waals surface area (Å²) in [4.78, 5) is 2.46. The highest BCUT2D eigenvalue weighted by Crippen LogP contribution is 2.18. The van der Waals surface area contributed by atoms with Crippen LogP contribution in [0.1, 0.15) is 27.7 Å². The Kier molecular flexibility index (Phi) is 4.10. The minimum atomic E-state index is -0.834. The van der Waals surface area contributed by atoms with Gasteiger partial charge in [-0.3, -0.25) is 4.90 Å².